The zero-order valence-corrected chi connectivity index (χ0v) is 11.7. The van der Waals surface area contributed by atoms with E-state index in [9.17, 15) is 8.42 Å². The van der Waals surface area contributed by atoms with E-state index in [0.717, 1.165) is 6.42 Å². The van der Waals surface area contributed by atoms with Crippen LogP contribution in [0.5, 0.6) is 0 Å². The number of rotatable bonds is 4. The largest absolute Gasteiger partial charge is 0.399 e. The number of anilines is 1. The van der Waals surface area contributed by atoms with Crippen molar-refractivity contribution in [3.63, 3.8) is 0 Å². The Hall–Kier alpha value is -0.780. The van der Waals surface area contributed by atoms with Crippen LogP contribution in [0.4, 0.5) is 5.69 Å². The van der Waals surface area contributed by atoms with Crippen molar-refractivity contribution in [2.24, 2.45) is 0 Å². The van der Waals surface area contributed by atoms with Crippen LogP contribution >= 0.6 is 11.6 Å². The van der Waals surface area contributed by atoms with E-state index in [1.54, 1.807) is 7.05 Å². The standard InChI is InChI=1S/C11H17ClN2O2S/c1-4-8(2)14(3)17(15,16)11-6-5-9(13)7-10(11)12/h5-8H,4,13H2,1-3H3. The molecule has 0 aliphatic rings. The quantitative estimate of drug-likeness (QED) is 0.859. The van der Waals surface area contributed by atoms with Gasteiger partial charge in [-0.05, 0) is 31.5 Å². The summed E-state index contributed by atoms with van der Waals surface area (Å²) in [6.07, 6.45) is 0.738. The number of nitrogen functional groups attached to an aromatic ring is 1. The van der Waals surface area contributed by atoms with Crippen LogP contribution in [-0.2, 0) is 10.0 Å². The Morgan fingerprint density at radius 2 is 2.06 bits per heavy atom. The summed E-state index contributed by atoms with van der Waals surface area (Å²) in [6.45, 7) is 3.78. The van der Waals surface area contributed by atoms with E-state index in [4.69, 9.17) is 17.3 Å². The van der Waals surface area contributed by atoms with Crippen LogP contribution in [0.1, 0.15) is 20.3 Å². The molecule has 96 valence electrons. The van der Waals surface area contributed by atoms with Crippen molar-refractivity contribution in [1.29, 1.82) is 0 Å². The number of nitrogens with zero attached hydrogens (tertiary/aromatic N) is 1. The second-order valence-corrected chi connectivity index (χ2v) is 6.34. The third-order valence-corrected chi connectivity index (χ3v) is 5.28. The van der Waals surface area contributed by atoms with Gasteiger partial charge >= 0.3 is 0 Å². The highest BCUT2D eigenvalue weighted by atomic mass is 35.5. The average Bonchev–Trinajstić information content (AvgIpc) is 2.26. The minimum Gasteiger partial charge on any atom is -0.399 e. The van der Waals surface area contributed by atoms with Gasteiger partial charge < -0.3 is 5.73 Å². The number of nitrogens with two attached hydrogens (primary N) is 1. The molecular weight excluding hydrogens is 260 g/mol. The van der Waals surface area contributed by atoms with Crippen LogP contribution in [0.3, 0.4) is 0 Å². The number of hydrogen-bond donors (Lipinski definition) is 1. The highest BCUT2D eigenvalue weighted by molar-refractivity contribution is 7.89. The van der Waals surface area contributed by atoms with Crippen LogP contribution in [0.15, 0.2) is 23.1 Å². The summed E-state index contributed by atoms with van der Waals surface area (Å²) in [6, 6.07) is 4.34. The third-order valence-electron chi connectivity index (χ3n) is 2.82. The van der Waals surface area contributed by atoms with Gasteiger partial charge in [-0.15, -0.1) is 0 Å². The number of benzene rings is 1. The van der Waals surface area contributed by atoms with E-state index in [1.807, 2.05) is 13.8 Å². The molecule has 0 bridgehead atoms. The minimum atomic E-state index is -3.55. The Kier molecular flexibility index (Phi) is 4.41. The van der Waals surface area contributed by atoms with Crippen molar-refractivity contribution in [1.82, 2.24) is 4.31 Å². The average molecular weight is 277 g/mol. The second kappa shape index (κ2) is 5.25. The summed E-state index contributed by atoms with van der Waals surface area (Å²) in [4.78, 5) is 0.0937. The van der Waals surface area contributed by atoms with Gasteiger partial charge in [0.25, 0.3) is 0 Å². The Bertz CT molecular complexity index is 502. The summed E-state index contributed by atoms with van der Waals surface area (Å²) in [5.41, 5.74) is 5.98. The Morgan fingerprint density at radius 1 is 1.47 bits per heavy atom. The third kappa shape index (κ3) is 2.91. The van der Waals surface area contributed by atoms with Gasteiger partial charge in [0.05, 0.1) is 5.02 Å². The van der Waals surface area contributed by atoms with Gasteiger partial charge in [-0.3, -0.25) is 0 Å². The summed E-state index contributed by atoms with van der Waals surface area (Å²) in [5.74, 6) is 0. The topological polar surface area (TPSA) is 63.4 Å². The molecule has 0 amide bonds. The Labute approximate surface area is 107 Å². The van der Waals surface area contributed by atoms with Gasteiger partial charge in [-0.2, -0.15) is 4.31 Å². The second-order valence-electron chi connectivity index (χ2n) is 3.97. The van der Waals surface area contributed by atoms with Crippen molar-refractivity contribution in [2.75, 3.05) is 12.8 Å². The number of halogens is 1. The summed E-state index contributed by atoms with van der Waals surface area (Å²) >= 11 is 5.92. The maximum Gasteiger partial charge on any atom is 0.244 e. The molecule has 0 radical (unpaired) electrons. The van der Waals surface area contributed by atoms with E-state index in [-0.39, 0.29) is 16.0 Å². The maximum absolute atomic E-state index is 12.3. The van der Waals surface area contributed by atoms with Gasteiger partial charge in [-0.1, -0.05) is 18.5 Å². The van der Waals surface area contributed by atoms with E-state index in [2.05, 4.69) is 0 Å². The lowest BCUT2D eigenvalue weighted by Gasteiger charge is -2.23. The summed E-state index contributed by atoms with van der Waals surface area (Å²) in [5, 5.41) is 0.153. The maximum atomic E-state index is 12.3. The van der Waals surface area contributed by atoms with Gasteiger partial charge in [0, 0.05) is 18.8 Å². The lowest BCUT2D eigenvalue weighted by molar-refractivity contribution is 0.380. The highest BCUT2D eigenvalue weighted by Gasteiger charge is 2.26. The van der Waals surface area contributed by atoms with Gasteiger partial charge in [0.2, 0.25) is 10.0 Å². The SMILES string of the molecule is CCC(C)N(C)S(=O)(=O)c1ccc(N)cc1Cl. The first-order valence-corrected chi connectivity index (χ1v) is 7.15. The molecule has 0 fully saturated rings. The molecule has 0 spiro atoms. The fraction of sp³-hybridized carbons (Fsp3) is 0.455. The molecule has 1 rings (SSSR count). The first kappa shape index (κ1) is 14.3. The number of hydrogen-bond acceptors (Lipinski definition) is 3. The van der Waals surface area contributed by atoms with E-state index >= 15 is 0 Å². The predicted molar refractivity (Wildman–Crippen MR) is 70.6 cm³/mol. The smallest absolute Gasteiger partial charge is 0.244 e. The van der Waals surface area contributed by atoms with Crippen LogP contribution in [0.2, 0.25) is 5.02 Å². The van der Waals surface area contributed by atoms with E-state index in [1.165, 1.54) is 22.5 Å². The molecule has 1 atom stereocenters. The fourth-order valence-corrected chi connectivity index (χ4v) is 3.34. The molecular formula is C11H17ClN2O2S. The van der Waals surface area contributed by atoms with Crippen molar-refractivity contribution in [3.8, 4) is 0 Å². The Morgan fingerprint density at radius 3 is 2.53 bits per heavy atom. The Balaban J connectivity index is 3.22. The van der Waals surface area contributed by atoms with Crippen LogP contribution in [0, 0.1) is 0 Å². The predicted octanol–water partition coefficient (Wildman–Crippen LogP) is 2.34. The molecule has 1 aromatic carbocycles. The zero-order chi connectivity index (χ0) is 13.2. The van der Waals surface area contributed by atoms with Gasteiger partial charge in [0.15, 0.2) is 0 Å². The van der Waals surface area contributed by atoms with Crippen molar-refractivity contribution >= 4 is 27.3 Å². The molecule has 17 heavy (non-hydrogen) atoms. The number of sulfonamides is 1. The van der Waals surface area contributed by atoms with Crippen LogP contribution < -0.4 is 5.73 Å². The molecule has 2 N–H and O–H groups in total. The van der Waals surface area contributed by atoms with Gasteiger partial charge in [0.1, 0.15) is 4.90 Å². The lowest BCUT2D eigenvalue weighted by Crippen LogP contribution is -2.34. The molecule has 6 heteroatoms. The van der Waals surface area contributed by atoms with Gasteiger partial charge in [-0.25, -0.2) is 8.42 Å². The van der Waals surface area contributed by atoms with Crippen LogP contribution in [-0.4, -0.2) is 25.8 Å². The summed E-state index contributed by atoms with van der Waals surface area (Å²) < 4.78 is 25.9. The minimum absolute atomic E-state index is 0.0754. The first-order valence-electron chi connectivity index (χ1n) is 5.33. The fourth-order valence-electron chi connectivity index (χ4n) is 1.38. The molecule has 0 aromatic heterocycles. The molecule has 0 saturated heterocycles. The molecule has 1 aromatic rings. The van der Waals surface area contributed by atoms with Crippen LogP contribution in [0.25, 0.3) is 0 Å². The highest BCUT2D eigenvalue weighted by Crippen LogP contribution is 2.27. The lowest BCUT2D eigenvalue weighted by atomic mass is 10.3. The molecule has 4 nitrogen and oxygen atoms in total. The van der Waals surface area contributed by atoms with Crippen molar-refractivity contribution < 1.29 is 8.42 Å². The zero-order valence-electron chi connectivity index (χ0n) is 10.1. The normalized spacial score (nSPS) is 13.9. The summed E-state index contributed by atoms with van der Waals surface area (Å²) in [7, 11) is -2.00. The van der Waals surface area contributed by atoms with Crippen molar-refractivity contribution in [2.45, 2.75) is 31.2 Å². The first-order chi connectivity index (χ1) is 7.80. The molecule has 0 aliphatic heterocycles. The molecule has 0 saturated carbocycles. The van der Waals surface area contributed by atoms with E-state index in [0.29, 0.717) is 5.69 Å². The molecule has 1 unspecified atom stereocenters. The molecule has 0 heterocycles. The monoisotopic (exact) mass is 276 g/mol. The molecule has 0 aliphatic carbocycles. The van der Waals surface area contributed by atoms with E-state index < -0.39 is 10.0 Å². The van der Waals surface area contributed by atoms with Crippen molar-refractivity contribution in [3.05, 3.63) is 23.2 Å².